The number of hydrogen-bond donors (Lipinski definition) is 1. The summed E-state index contributed by atoms with van der Waals surface area (Å²) < 4.78 is 15.7. The van der Waals surface area contributed by atoms with Gasteiger partial charge in [-0.3, -0.25) is 4.79 Å². The first-order chi connectivity index (χ1) is 12.0. The number of rotatable bonds is 3. The molecule has 1 aromatic carbocycles. The number of benzene rings is 1. The predicted molar refractivity (Wildman–Crippen MR) is 93.2 cm³/mol. The van der Waals surface area contributed by atoms with Crippen LogP contribution in [0.3, 0.4) is 0 Å². The van der Waals surface area contributed by atoms with Crippen LogP contribution in [-0.4, -0.2) is 53.0 Å². The van der Waals surface area contributed by atoms with E-state index in [4.69, 9.17) is 0 Å². The summed E-state index contributed by atoms with van der Waals surface area (Å²) in [5.41, 5.74) is 0.836. The zero-order valence-corrected chi connectivity index (χ0v) is 14.3. The van der Waals surface area contributed by atoms with Gasteiger partial charge in [0.05, 0.1) is 5.69 Å². The fourth-order valence-corrected chi connectivity index (χ4v) is 3.04. The number of carbonyl (C=O) groups is 2. The molecule has 1 aliphatic rings. The molecule has 0 saturated carbocycles. The van der Waals surface area contributed by atoms with Gasteiger partial charge in [0, 0.05) is 38.7 Å². The van der Waals surface area contributed by atoms with Crippen molar-refractivity contribution in [2.45, 2.75) is 18.9 Å². The van der Waals surface area contributed by atoms with E-state index in [0.29, 0.717) is 24.3 Å². The monoisotopic (exact) mass is 344 g/mol. The van der Waals surface area contributed by atoms with Gasteiger partial charge in [-0.15, -0.1) is 0 Å². The van der Waals surface area contributed by atoms with Crippen molar-refractivity contribution in [3.05, 3.63) is 48.5 Å². The Morgan fingerprint density at radius 1 is 1.24 bits per heavy atom. The predicted octanol–water partition coefficient (Wildman–Crippen LogP) is 2.70. The summed E-state index contributed by atoms with van der Waals surface area (Å²) in [5, 5.41) is 2.77. The molecule has 0 radical (unpaired) electrons. The van der Waals surface area contributed by atoms with E-state index in [0.717, 1.165) is 6.42 Å². The van der Waals surface area contributed by atoms with Crippen LogP contribution in [0.4, 0.5) is 14.9 Å². The highest BCUT2D eigenvalue weighted by molar-refractivity contribution is 5.94. The van der Waals surface area contributed by atoms with Crippen molar-refractivity contribution in [3.63, 3.8) is 0 Å². The molecule has 6 nitrogen and oxygen atoms in total. The fraction of sp³-hybridized carbons (Fsp3) is 0.333. The van der Waals surface area contributed by atoms with Gasteiger partial charge in [0.15, 0.2) is 0 Å². The van der Waals surface area contributed by atoms with E-state index in [1.807, 2.05) is 0 Å². The van der Waals surface area contributed by atoms with E-state index in [9.17, 15) is 14.0 Å². The molecule has 0 bridgehead atoms. The van der Waals surface area contributed by atoms with Crippen molar-refractivity contribution < 1.29 is 14.0 Å². The minimum Gasteiger partial charge on any atom is -0.347 e. The second-order valence-electron chi connectivity index (χ2n) is 6.27. The highest BCUT2D eigenvalue weighted by Crippen LogP contribution is 2.22. The summed E-state index contributed by atoms with van der Waals surface area (Å²) in [7, 11) is 3.36. The number of likely N-dealkylation sites (N-methyl/N-ethyl adjacent to an activating group) is 1. The molecule has 132 valence electrons. The summed E-state index contributed by atoms with van der Waals surface area (Å²) >= 11 is 0. The Kier molecular flexibility index (Phi) is 4.74. The summed E-state index contributed by atoms with van der Waals surface area (Å²) in [5.74, 6) is -0.462. The second-order valence-corrected chi connectivity index (χ2v) is 6.27. The molecular weight excluding hydrogens is 323 g/mol. The Balaban J connectivity index is 1.77. The number of nitrogens with one attached hydrogen (secondary N) is 1. The molecule has 1 N–H and O–H groups in total. The zero-order chi connectivity index (χ0) is 18.0. The minimum atomic E-state index is -0.445. The maximum atomic E-state index is 14.0. The summed E-state index contributed by atoms with van der Waals surface area (Å²) in [4.78, 5) is 27.8. The van der Waals surface area contributed by atoms with E-state index in [-0.39, 0.29) is 17.8 Å². The van der Waals surface area contributed by atoms with Crippen LogP contribution in [-0.2, 0) is 4.79 Å². The van der Waals surface area contributed by atoms with Gasteiger partial charge in [0.25, 0.3) is 0 Å². The molecule has 2 heterocycles. The van der Waals surface area contributed by atoms with Gasteiger partial charge >= 0.3 is 6.03 Å². The number of amides is 3. The Bertz CT molecular complexity index is 773. The lowest BCUT2D eigenvalue weighted by molar-refractivity contribution is -0.132. The number of anilines is 1. The van der Waals surface area contributed by atoms with Crippen LogP contribution in [0.25, 0.3) is 5.69 Å². The van der Waals surface area contributed by atoms with E-state index in [1.165, 1.54) is 17.0 Å². The van der Waals surface area contributed by atoms with Crippen LogP contribution in [0.5, 0.6) is 0 Å². The molecule has 0 unspecified atom stereocenters. The first-order valence-electron chi connectivity index (χ1n) is 8.19. The van der Waals surface area contributed by atoms with Crippen LogP contribution in [0, 0.1) is 5.82 Å². The number of carbonyl (C=O) groups excluding carboxylic acids is 2. The molecule has 1 fully saturated rings. The first-order valence-corrected chi connectivity index (χ1v) is 8.19. The van der Waals surface area contributed by atoms with E-state index < -0.39 is 6.04 Å². The Morgan fingerprint density at radius 3 is 2.64 bits per heavy atom. The SMILES string of the molecule is CN(C)C(=O)[C@H]1CCCN1C(=O)Nc1ccc(F)c(-n2cccc2)c1. The van der Waals surface area contributed by atoms with Crippen molar-refractivity contribution in [1.82, 2.24) is 14.4 Å². The van der Waals surface area contributed by atoms with E-state index in [1.54, 1.807) is 54.2 Å². The summed E-state index contributed by atoms with van der Waals surface area (Å²) in [6, 6.07) is 7.21. The smallest absolute Gasteiger partial charge is 0.322 e. The lowest BCUT2D eigenvalue weighted by Crippen LogP contribution is -2.47. The third kappa shape index (κ3) is 3.50. The maximum absolute atomic E-state index is 14.0. The van der Waals surface area contributed by atoms with Crippen molar-refractivity contribution in [3.8, 4) is 5.69 Å². The number of likely N-dealkylation sites (tertiary alicyclic amines) is 1. The molecule has 0 spiro atoms. The lowest BCUT2D eigenvalue weighted by Gasteiger charge is -2.26. The van der Waals surface area contributed by atoms with E-state index in [2.05, 4.69) is 5.32 Å². The Morgan fingerprint density at radius 2 is 1.96 bits per heavy atom. The van der Waals surface area contributed by atoms with Crippen molar-refractivity contribution in [2.75, 3.05) is 26.0 Å². The highest BCUT2D eigenvalue weighted by atomic mass is 19.1. The van der Waals surface area contributed by atoms with Gasteiger partial charge < -0.3 is 19.7 Å². The van der Waals surface area contributed by atoms with Crippen LogP contribution in [0.2, 0.25) is 0 Å². The van der Waals surface area contributed by atoms with Gasteiger partial charge in [-0.2, -0.15) is 0 Å². The normalized spacial score (nSPS) is 16.8. The number of halogens is 1. The molecule has 1 atom stereocenters. The molecule has 1 aliphatic heterocycles. The maximum Gasteiger partial charge on any atom is 0.322 e. The van der Waals surface area contributed by atoms with Gasteiger partial charge in [-0.1, -0.05) is 0 Å². The van der Waals surface area contributed by atoms with Gasteiger partial charge in [-0.05, 0) is 43.2 Å². The number of hydrogen-bond acceptors (Lipinski definition) is 2. The lowest BCUT2D eigenvalue weighted by atomic mass is 10.2. The minimum absolute atomic E-state index is 0.0835. The van der Waals surface area contributed by atoms with Gasteiger partial charge in [-0.25, -0.2) is 9.18 Å². The van der Waals surface area contributed by atoms with E-state index >= 15 is 0 Å². The molecule has 7 heteroatoms. The van der Waals surface area contributed by atoms with Crippen LogP contribution >= 0.6 is 0 Å². The summed E-state index contributed by atoms with van der Waals surface area (Å²) in [6.07, 6.45) is 4.91. The molecule has 0 aliphatic carbocycles. The zero-order valence-electron chi connectivity index (χ0n) is 14.3. The van der Waals surface area contributed by atoms with Crippen molar-refractivity contribution in [2.24, 2.45) is 0 Å². The van der Waals surface area contributed by atoms with Gasteiger partial charge in [0.2, 0.25) is 5.91 Å². The van der Waals surface area contributed by atoms with Gasteiger partial charge in [0.1, 0.15) is 11.9 Å². The average molecular weight is 344 g/mol. The highest BCUT2D eigenvalue weighted by Gasteiger charge is 2.35. The topological polar surface area (TPSA) is 57.6 Å². The Hall–Kier alpha value is -2.83. The molecule has 2 aromatic rings. The molecule has 3 amide bonds. The molecule has 1 aromatic heterocycles. The Labute approximate surface area is 145 Å². The molecule has 1 saturated heterocycles. The quantitative estimate of drug-likeness (QED) is 0.931. The number of aromatic nitrogens is 1. The first kappa shape index (κ1) is 17.0. The van der Waals surface area contributed by atoms with Crippen LogP contribution in [0.1, 0.15) is 12.8 Å². The van der Waals surface area contributed by atoms with Crippen molar-refractivity contribution >= 4 is 17.6 Å². The molecule has 3 rings (SSSR count). The molecular formula is C18H21FN4O2. The van der Waals surface area contributed by atoms with Crippen LogP contribution < -0.4 is 5.32 Å². The average Bonchev–Trinajstić information content (AvgIpc) is 3.27. The largest absolute Gasteiger partial charge is 0.347 e. The third-order valence-corrected chi connectivity index (χ3v) is 4.32. The van der Waals surface area contributed by atoms with Crippen molar-refractivity contribution in [1.29, 1.82) is 0 Å². The second kappa shape index (κ2) is 6.96. The van der Waals surface area contributed by atoms with Crippen LogP contribution in [0.15, 0.2) is 42.7 Å². The number of nitrogens with zero attached hydrogens (tertiary/aromatic N) is 3. The number of urea groups is 1. The standard InChI is InChI=1S/C18H21FN4O2/c1-21(2)17(24)15-6-5-11-23(15)18(25)20-13-7-8-14(19)16(12-13)22-9-3-4-10-22/h3-4,7-10,12,15H,5-6,11H2,1-2H3,(H,20,25)/t15-/m1/s1. The molecule has 25 heavy (non-hydrogen) atoms. The third-order valence-electron chi connectivity index (χ3n) is 4.32. The summed E-state index contributed by atoms with van der Waals surface area (Å²) in [6.45, 7) is 0.529. The fourth-order valence-electron chi connectivity index (χ4n) is 3.04.